The molecule has 0 spiro atoms. The molecule has 1 heterocycles. The molecule has 0 atom stereocenters. The molecule has 0 unspecified atom stereocenters. The summed E-state index contributed by atoms with van der Waals surface area (Å²) in [4.78, 5) is 20.3. The molecule has 0 radical (unpaired) electrons. The van der Waals surface area contributed by atoms with E-state index in [4.69, 9.17) is 5.73 Å². The van der Waals surface area contributed by atoms with Crippen molar-refractivity contribution in [1.82, 2.24) is 9.97 Å². The number of benzene rings is 2. The van der Waals surface area contributed by atoms with Gasteiger partial charge in [-0.05, 0) is 30.2 Å². The molecule has 3 aromatic rings. The lowest BCUT2D eigenvalue weighted by molar-refractivity contribution is 0.102. The number of carbonyl (C=O) groups is 1. The third-order valence-electron chi connectivity index (χ3n) is 3.95. The molecule has 0 saturated heterocycles. The molecule has 3 rings (SSSR count). The van der Waals surface area contributed by atoms with Crippen LogP contribution in [0.2, 0.25) is 0 Å². The second-order valence-electron chi connectivity index (χ2n) is 6.01. The van der Waals surface area contributed by atoms with Crippen LogP contribution in [0.4, 0.5) is 17.3 Å². The molecule has 136 valence electrons. The van der Waals surface area contributed by atoms with Crippen LogP contribution in [-0.4, -0.2) is 22.4 Å². The van der Waals surface area contributed by atoms with Crippen molar-refractivity contribution in [3.05, 3.63) is 83.7 Å². The van der Waals surface area contributed by atoms with E-state index in [1.165, 1.54) is 12.4 Å². The first-order valence-corrected chi connectivity index (χ1v) is 8.57. The van der Waals surface area contributed by atoms with E-state index in [0.717, 1.165) is 16.8 Å². The summed E-state index contributed by atoms with van der Waals surface area (Å²) in [7, 11) is 0. The van der Waals surface area contributed by atoms with Crippen LogP contribution in [0, 0.1) is 6.92 Å². The maximum atomic E-state index is 12.5. The molecule has 0 fully saturated rings. The standard InChI is InChI=1S/C21H21N5O/c1-15-9-10-17(23-11-5-8-16-6-3-2-4-7-16)12-19(15)20(27)26-18-13-24-21(22)25-14-18/h2-10,12-14,23H,11H2,1H3,(H,26,27)(H2,22,24,25)/b8-5+. The van der Waals surface area contributed by atoms with Gasteiger partial charge in [0, 0.05) is 17.8 Å². The lowest BCUT2D eigenvalue weighted by atomic mass is 10.1. The molecule has 6 nitrogen and oxygen atoms in total. The Kier molecular flexibility index (Phi) is 5.79. The zero-order valence-corrected chi connectivity index (χ0v) is 15.0. The number of nitrogens with two attached hydrogens (primary N) is 1. The molecule has 6 heteroatoms. The smallest absolute Gasteiger partial charge is 0.256 e. The fraction of sp³-hybridized carbons (Fsp3) is 0.0952. The fourth-order valence-electron chi connectivity index (χ4n) is 2.51. The average Bonchev–Trinajstić information content (AvgIpc) is 2.69. The van der Waals surface area contributed by atoms with Crippen LogP contribution >= 0.6 is 0 Å². The van der Waals surface area contributed by atoms with Crippen molar-refractivity contribution in [1.29, 1.82) is 0 Å². The van der Waals surface area contributed by atoms with E-state index in [0.29, 0.717) is 17.8 Å². The van der Waals surface area contributed by atoms with Gasteiger partial charge in [0.1, 0.15) is 0 Å². The van der Waals surface area contributed by atoms with Gasteiger partial charge in [-0.3, -0.25) is 4.79 Å². The number of carbonyl (C=O) groups excluding carboxylic acids is 1. The van der Waals surface area contributed by atoms with Gasteiger partial charge in [-0.15, -0.1) is 0 Å². The van der Waals surface area contributed by atoms with E-state index in [-0.39, 0.29) is 11.9 Å². The first-order valence-electron chi connectivity index (χ1n) is 8.57. The van der Waals surface area contributed by atoms with E-state index in [1.807, 2.05) is 61.5 Å². The number of nitrogen functional groups attached to an aromatic ring is 1. The fourth-order valence-corrected chi connectivity index (χ4v) is 2.51. The van der Waals surface area contributed by atoms with Crippen molar-refractivity contribution in [2.45, 2.75) is 6.92 Å². The number of rotatable bonds is 6. The van der Waals surface area contributed by atoms with Crippen molar-refractivity contribution in [3.63, 3.8) is 0 Å². The Morgan fingerprint density at radius 1 is 1.07 bits per heavy atom. The summed E-state index contributed by atoms with van der Waals surface area (Å²) >= 11 is 0. The Morgan fingerprint density at radius 3 is 2.56 bits per heavy atom. The van der Waals surface area contributed by atoms with Crippen LogP contribution in [-0.2, 0) is 0 Å². The molecular formula is C21H21N5O. The summed E-state index contributed by atoms with van der Waals surface area (Å²) in [5.74, 6) is -0.0525. The van der Waals surface area contributed by atoms with E-state index < -0.39 is 0 Å². The zero-order chi connectivity index (χ0) is 19.1. The molecule has 2 aromatic carbocycles. The first kappa shape index (κ1) is 18.1. The lowest BCUT2D eigenvalue weighted by Crippen LogP contribution is -2.14. The Morgan fingerprint density at radius 2 is 1.81 bits per heavy atom. The number of hydrogen-bond donors (Lipinski definition) is 3. The molecule has 1 amide bonds. The van der Waals surface area contributed by atoms with Crippen molar-refractivity contribution in [2.75, 3.05) is 22.9 Å². The molecule has 4 N–H and O–H groups in total. The molecular weight excluding hydrogens is 338 g/mol. The summed E-state index contributed by atoms with van der Waals surface area (Å²) in [5.41, 5.74) is 9.45. The zero-order valence-electron chi connectivity index (χ0n) is 15.0. The van der Waals surface area contributed by atoms with Crippen LogP contribution in [0.15, 0.2) is 67.0 Å². The van der Waals surface area contributed by atoms with Gasteiger partial charge >= 0.3 is 0 Å². The van der Waals surface area contributed by atoms with E-state index in [2.05, 4.69) is 26.7 Å². The molecule has 1 aromatic heterocycles. The van der Waals surface area contributed by atoms with Gasteiger partial charge in [0.15, 0.2) is 0 Å². The normalized spacial score (nSPS) is 10.7. The van der Waals surface area contributed by atoms with Gasteiger partial charge in [-0.25, -0.2) is 9.97 Å². The summed E-state index contributed by atoms with van der Waals surface area (Å²) in [6, 6.07) is 15.8. The van der Waals surface area contributed by atoms with Crippen molar-refractivity contribution >= 4 is 29.3 Å². The highest BCUT2D eigenvalue weighted by Gasteiger charge is 2.10. The average molecular weight is 359 g/mol. The number of anilines is 3. The van der Waals surface area contributed by atoms with Crippen LogP contribution < -0.4 is 16.4 Å². The summed E-state index contributed by atoms with van der Waals surface area (Å²) in [6.45, 7) is 2.55. The van der Waals surface area contributed by atoms with Crippen LogP contribution in [0.5, 0.6) is 0 Å². The first-order chi connectivity index (χ1) is 13.1. The minimum Gasteiger partial charge on any atom is -0.382 e. The van der Waals surface area contributed by atoms with Gasteiger partial charge in [-0.2, -0.15) is 0 Å². The SMILES string of the molecule is Cc1ccc(NC/C=C/c2ccccc2)cc1C(=O)Nc1cnc(N)nc1. The number of nitrogens with one attached hydrogen (secondary N) is 2. The van der Waals surface area contributed by atoms with Gasteiger partial charge in [0.2, 0.25) is 5.95 Å². The molecule has 0 aliphatic carbocycles. The van der Waals surface area contributed by atoms with Crippen LogP contribution in [0.3, 0.4) is 0 Å². The Balaban J connectivity index is 1.64. The number of nitrogens with zero attached hydrogens (tertiary/aromatic N) is 2. The minimum atomic E-state index is -0.218. The van der Waals surface area contributed by atoms with Gasteiger partial charge in [0.05, 0.1) is 18.1 Å². The van der Waals surface area contributed by atoms with Crippen molar-refractivity contribution in [2.24, 2.45) is 0 Å². The largest absolute Gasteiger partial charge is 0.382 e. The van der Waals surface area contributed by atoms with E-state index >= 15 is 0 Å². The highest BCUT2D eigenvalue weighted by Crippen LogP contribution is 2.17. The lowest BCUT2D eigenvalue weighted by Gasteiger charge is -2.10. The quantitative estimate of drug-likeness (QED) is 0.623. The maximum Gasteiger partial charge on any atom is 0.256 e. The van der Waals surface area contributed by atoms with Gasteiger partial charge in [-0.1, -0.05) is 48.6 Å². The molecule has 0 bridgehead atoms. The third kappa shape index (κ3) is 5.15. The molecule has 27 heavy (non-hydrogen) atoms. The number of aryl methyl sites for hydroxylation is 1. The maximum absolute atomic E-state index is 12.5. The van der Waals surface area contributed by atoms with Crippen LogP contribution in [0.1, 0.15) is 21.5 Å². The van der Waals surface area contributed by atoms with E-state index in [9.17, 15) is 4.79 Å². The van der Waals surface area contributed by atoms with Crippen molar-refractivity contribution in [3.8, 4) is 0 Å². The number of aromatic nitrogens is 2. The summed E-state index contributed by atoms with van der Waals surface area (Å²) in [5, 5.41) is 6.08. The Bertz CT molecular complexity index is 937. The molecule has 0 aliphatic heterocycles. The third-order valence-corrected chi connectivity index (χ3v) is 3.95. The van der Waals surface area contributed by atoms with Gasteiger partial charge in [0.25, 0.3) is 5.91 Å². The highest BCUT2D eigenvalue weighted by molar-refractivity contribution is 6.05. The minimum absolute atomic E-state index is 0.166. The Hall–Kier alpha value is -3.67. The topological polar surface area (TPSA) is 92.9 Å². The number of hydrogen-bond acceptors (Lipinski definition) is 5. The monoisotopic (exact) mass is 359 g/mol. The number of amides is 1. The highest BCUT2D eigenvalue weighted by atomic mass is 16.1. The Labute approximate surface area is 158 Å². The van der Waals surface area contributed by atoms with Crippen molar-refractivity contribution < 1.29 is 4.79 Å². The predicted molar refractivity (Wildman–Crippen MR) is 110 cm³/mol. The summed E-state index contributed by atoms with van der Waals surface area (Å²) in [6.07, 6.45) is 7.05. The van der Waals surface area contributed by atoms with Crippen LogP contribution in [0.25, 0.3) is 6.08 Å². The second-order valence-corrected chi connectivity index (χ2v) is 6.01. The second kappa shape index (κ2) is 8.62. The van der Waals surface area contributed by atoms with Gasteiger partial charge < -0.3 is 16.4 Å². The molecule has 0 saturated carbocycles. The molecule has 0 aliphatic rings. The van der Waals surface area contributed by atoms with E-state index in [1.54, 1.807) is 0 Å². The predicted octanol–water partition coefficient (Wildman–Crippen LogP) is 3.74. The summed E-state index contributed by atoms with van der Waals surface area (Å²) < 4.78 is 0.